The third-order valence-electron chi connectivity index (χ3n) is 1.56. The van der Waals surface area contributed by atoms with Gasteiger partial charge in [-0.15, -0.1) is 0 Å². The Labute approximate surface area is 83.3 Å². The summed E-state index contributed by atoms with van der Waals surface area (Å²) in [5, 5.41) is 8.97. The third kappa shape index (κ3) is 2.61. The van der Waals surface area contributed by atoms with Crippen LogP contribution in [0.5, 0.6) is 0 Å². The highest BCUT2D eigenvalue weighted by Crippen LogP contribution is 2.09. The van der Waals surface area contributed by atoms with E-state index in [2.05, 4.69) is 23.4 Å². The Kier molecular flexibility index (Phi) is 3.27. The van der Waals surface area contributed by atoms with Gasteiger partial charge in [0.15, 0.2) is 0 Å². The summed E-state index contributed by atoms with van der Waals surface area (Å²) in [4.78, 5) is 4.13. The summed E-state index contributed by atoms with van der Waals surface area (Å²) in [7, 11) is 0. The molecule has 0 radical (unpaired) electrons. The number of rotatable bonds is 1. The lowest BCUT2D eigenvalue weighted by Gasteiger charge is -1.98. The number of anilines is 1. The Balaban J connectivity index is 3.08. The topological polar surface area (TPSA) is 59.1 Å². The van der Waals surface area contributed by atoms with E-state index < -0.39 is 6.10 Å². The van der Waals surface area contributed by atoms with Crippen LogP contribution >= 0.6 is 0 Å². The maximum absolute atomic E-state index is 8.97. The second kappa shape index (κ2) is 4.45. The van der Waals surface area contributed by atoms with Crippen molar-refractivity contribution in [2.45, 2.75) is 13.0 Å². The fourth-order valence-corrected chi connectivity index (χ4v) is 0.872. The van der Waals surface area contributed by atoms with Crippen LogP contribution in [-0.2, 0) is 0 Å². The molecule has 1 unspecified atom stereocenters. The summed E-state index contributed by atoms with van der Waals surface area (Å²) < 4.78 is 0. The van der Waals surface area contributed by atoms with E-state index in [1.54, 1.807) is 25.1 Å². The number of pyridine rings is 1. The van der Waals surface area contributed by atoms with Crippen LogP contribution in [0.25, 0.3) is 6.08 Å². The molecule has 1 heterocycles. The molecule has 0 spiro atoms. The minimum atomic E-state index is -0.677. The minimum absolute atomic E-state index is 0.475. The number of aliphatic hydroxyl groups is 1. The number of aliphatic hydroxyl groups excluding tert-OH is 1. The first kappa shape index (κ1) is 10.3. The molecule has 3 heteroatoms. The van der Waals surface area contributed by atoms with Crippen LogP contribution in [-0.4, -0.2) is 16.2 Å². The van der Waals surface area contributed by atoms with Gasteiger partial charge in [0, 0.05) is 0 Å². The maximum atomic E-state index is 8.97. The molecule has 0 amide bonds. The van der Waals surface area contributed by atoms with Gasteiger partial charge in [-0.1, -0.05) is 12.5 Å². The normalized spacial score (nSPS) is 11.3. The van der Waals surface area contributed by atoms with E-state index >= 15 is 0 Å². The Bertz CT molecular complexity index is 399. The molecule has 1 atom stereocenters. The molecule has 0 fully saturated rings. The van der Waals surface area contributed by atoms with E-state index in [0.717, 1.165) is 0 Å². The second-order valence-corrected chi connectivity index (χ2v) is 2.82. The molecule has 1 aromatic rings. The molecule has 0 aliphatic carbocycles. The fourth-order valence-electron chi connectivity index (χ4n) is 0.872. The van der Waals surface area contributed by atoms with E-state index in [-0.39, 0.29) is 0 Å². The lowest BCUT2D eigenvalue weighted by Crippen LogP contribution is -1.97. The quantitative estimate of drug-likeness (QED) is 0.647. The third-order valence-corrected chi connectivity index (χ3v) is 1.56. The van der Waals surface area contributed by atoms with Crippen LogP contribution in [0, 0.1) is 11.8 Å². The largest absolute Gasteiger partial charge is 0.396 e. The van der Waals surface area contributed by atoms with E-state index in [4.69, 9.17) is 10.8 Å². The van der Waals surface area contributed by atoms with Crippen LogP contribution in [0.15, 0.2) is 18.7 Å². The van der Waals surface area contributed by atoms with Crippen LogP contribution in [0.2, 0.25) is 0 Å². The summed E-state index contributed by atoms with van der Waals surface area (Å²) in [6.07, 6.45) is 0.941. The first-order valence-corrected chi connectivity index (χ1v) is 4.22. The van der Waals surface area contributed by atoms with Gasteiger partial charge < -0.3 is 10.8 Å². The molecular formula is C11H12N2O. The molecule has 3 nitrogen and oxygen atoms in total. The molecule has 0 aliphatic rings. The standard InChI is InChI=1S/C11H12N2O/c1-3-9-5-6-10(12)11(13-9)7-4-8(2)14/h3,5-6,8,14H,1,12H2,2H3. The summed E-state index contributed by atoms with van der Waals surface area (Å²) in [5.74, 6) is 5.29. The summed E-state index contributed by atoms with van der Waals surface area (Å²) in [6, 6.07) is 3.48. The van der Waals surface area contributed by atoms with Crippen molar-refractivity contribution in [3.8, 4) is 11.8 Å². The molecule has 3 N–H and O–H groups in total. The van der Waals surface area contributed by atoms with Crippen molar-refractivity contribution < 1.29 is 5.11 Å². The van der Waals surface area contributed by atoms with Crippen LogP contribution < -0.4 is 5.73 Å². The Morgan fingerprint density at radius 1 is 1.64 bits per heavy atom. The van der Waals surface area contributed by atoms with Crippen molar-refractivity contribution >= 4 is 11.8 Å². The van der Waals surface area contributed by atoms with Gasteiger partial charge in [-0.05, 0) is 31.1 Å². The van der Waals surface area contributed by atoms with Gasteiger partial charge in [-0.2, -0.15) is 0 Å². The lowest BCUT2D eigenvalue weighted by molar-refractivity contribution is 0.253. The molecule has 0 bridgehead atoms. The highest BCUT2D eigenvalue weighted by Gasteiger charge is 1.97. The smallest absolute Gasteiger partial charge is 0.136 e. The van der Waals surface area contributed by atoms with Crippen LogP contribution in [0.1, 0.15) is 18.3 Å². The van der Waals surface area contributed by atoms with Crippen molar-refractivity contribution in [1.82, 2.24) is 4.98 Å². The van der Waals surface area contributed by atoms with E-state index in [0.29, 0.717) is 17.1 Å². The van der Waals surface area contributed by atoms with Gasteiger partial charge in [-0.25, -0.2) is 4.98 Å². The van der Waals surface area contributed by atoms with Gasteiger partial charge in [0.1, 0.15) is 11.8 Å². The molecule has 0 saturated carbocycles. The number of aromatic nitrogens is 1. The van der Waals surface area contributed by atoms with Crippen molar-refractivity contribution in [3.63, 3.8) is 0 Å². The minimum Gasteiger partial charge on any atom is -0.396 e. The van der Waals surface area contributed by atoms with Crippen molar-refractivity contribution in [3.05, 3.63) is 30.1 Å². The molecule has 1 aromatic heterocycles. The predicted octanol–water partition coefficient (Wildman–Crippen LogP) is 1.04. The number of nitrogen functional groups attached to an aromatic ring is 1. The van der Waals surface area contributed by atoms with E-state index in [9.17, 15) is 0 Å². The van der Waals surface area contributed by atoms with Gasteiger partial charge in [0.05, 0.1) is 11.4 Å². The summed E-state index contributed by atoms with van der Waals surface area (Å²) in [5.41, 5.74) is 7.34. The molecular weight excluding hydrogens is 176 g/mol. The molecule has 1 rings (SSSR count). The van der Waals surface area contributed by atoms with E-state index in [1.165, 1.54) is 0 Å². The first-order chi connectivity index (χ1) is 6.63. The SMILES string of the molecule is C=Cc1ccc(N)c(C#CC(C)O)n1. The Hall–Kier alpha value is -1.79. The summed E-state index contributed by atoms with van der Waals surface area (Å²) >= 11 is 0. The molecule has 14 heavy (non-hydrogen) atoms. The monoisotopic (exact) mass is 188 g/mol. The zero-order valence-corrected chi connectivity index (χ0v) is 7.99. The highest BCUT2D eigenvalue weighted by atomic mass is 16.3. The molecule has 0 saturated heterocycles. The predicted molar refractivity (Wildman–Crippen MR) is 57.3 cm³/mol. The lowest BCUT2D eigenvalue weighted by atomic mass is 10.2. The number of hydrogen-bond acceptors (Lipinski definition) is 3. The second-order valence-electron chi connectivity index (χ2n) is 2.82. The van der Waals surface area contributed by atoms with Crippen molar-refractivity contribution in [1.29, 1.82) is 0 Å². The van der Waals surface area contributed by atoms with Gasteiger partial charge in [0.25, 0.3) is 0 Å². The maximum Gasteiger partial charge on any atom is 0.136 e. The molecule has 72 valence electrons. The zero-order chi connectivity index (χ0) is 10.6. The summed E-state index contributed by atoms with van der Waals surface area (Å²) in [6.45, 7) is 5.18. The van der Waals surface area contributed by atoms with Crippen molar-refractivity contribution in [2.24, 2.45) is 0 Å². The Morgan fingerprint density at radius 3 is 2.93 bits per heavy atom. The average molecular weight is 188 g/mol. The number of hydrogen-bond donors (Lipinski definition) is 2. The highest BCUT2D eigenvalue weighted by molar-refractivity contribution is 5.56. The van der Waals surface area contributed by atoms with E-state index in [1.807, 2.05) is 0 Å². The van der Waals surface area contributed by atoms with Gasteiger partial charge in [-0.3, -0.25) is 0 Å². The van der Waals surface area contributed by atoms with Crippen LogP contribution in [0.4, 0.5) is 5.69 Å². The Morgan fingerprint density at radius 2 is 2.36 bits per heavy atom. The van der Waals surface area contributed by atoms with Gasteiger partial charge in [0.2, 0.25) is 0 Å². The van der Waals surface area contributed by atoms with Crippen molar-refractivity contribution in [2.75, 3.05) is 5.73 Å². The fraction of sp³-hybridized carbons (Fsp3) is 0.182. The first-order valence-electron chi connectivity index (χ1n) is 4.22. The van der Waals surface area contributed by atoms with Crippen LogP contribution in [0.3, 0.4) is 0 Å². The number of nitrogens with zero attached hydrogens (tertiary/aromatic N) is 1. The van der Waals surface area contributed by atoms with Gasteiger partial charge >= 0.3 is 0 Å². The zero-order valence-electron chi connectivity index (χ0n) is 7.99. The molecule has 0 aliphatic heterocycles. The average Bonchev–Trinajstić information content (AvgIpc) is 2.16. The number of nitrogens with two attached hydrogens (primary N) is 1. The molecule has 0 aromatic carbocycles.